The van der Waals surface area contributed by atoms with Gasteiger partial charge in [-0.15, -0.1) is 0 Å². The highest BCUT2D eigenvalue weighted by molar-refractivity contribution is 9.10. The van der Waals surface area contributed by atoms with Crippen molar-refractivity contribution in [1.82, 2.24) is 0 Å². The fourth-order valence-electron chi connectivity index (χ4n) is 3.32. The summed E-state index contributed by atoms with van der Waals surface area (Å²) in [5, 5.41) is 11.0. The lowest BCUT2D eigenvalue weighted by Gasteiger charge is -2.38. The predicted molar refractivity (Wildman–Crippen MR) is 89.0 cm³/mol. The Morgan fingerprint density at radius 2 is 1.81 bits per heavy atom. The molecule has 0 bridgehead atoms. The lowest BCUT2D eigenvalue weighted by molar-refractivity contribution is 0.0506. The largest absolute Gasteiger partial charge is 0.388 e. The fourth-order valence-corrected chi connectivity index (χ4v) is 3.81. The van der Waals surface area contributed by atoms with Crippen molar-refractivity contribution >= 4 is 27.5 Å². The number of hydrogen-bond acceptors (Lipinski definition) is 1. The summed E-state index contributed by atoms with van der Waals surface area (Å²) in [6.45, 7) is 6.80. The standard InChI is InChI=1S/C17H23BrClFO/c1-17(2,3)11-6-4-10(5-7-11)16(21)12-8-14(19)13(18)9-15(12)20/h8-11,16,21H,4-7H2,1-3H3. The SMILES string of the molecule is CC(C)(C)C1CCC(C(O)c2cc(Cl)c(Br)cc2F)CC1. The number of hydrogen-bond donors (Lipinski definition) is 1. The summed E-state index contributed by atoms with van der Waals surface area (Å²) in [5.74, 6) is 0.409. The zero-order valence-corrected chi connectivity index (χ0v) is 15.1. The number of benzene rings is 1. The van der Waals surface area contributed by atoms with E-state index in [1.807, 2.05) is 0 Å². The first kappa shape index (κ1) is 17.2. The van der Waals surface area contributed by atoms with Crippen LogP contribution in [-0.4, -0.2) is 5.11 Å². The maximum atomic E-state index is 14.1. The molecular formula is C17H23BrClFO. The zero-order valence-electron chi connectivity index (χ0n) is 12.8. The van der Waals surface area contributed by atoms with E-state index >= 15 is 0 Å². The van der Waals surface area contributed by atoms with Gasteiger partial charge < -0.3 is 5.11 Å². The highest BCUT2D eigenvalue weighted by atomic mass is 79.9. The van der Waals surface area contributed by atoms with Gasteiger partial charge in [-0.05, 0) is 71.0 Å². The molecule has 1 unspecified atom stereocenters. The molecule has 2 rings (SSSR count). The molecule has 1 atom stereocenters. The Balaban J connectivity index is 2.09. The molecule has 1 aliphatic carbocycles. The molecule has 0 spiro atoms. The maximum absolute atomic E-state index is 14.1. The third-order valence-electron chi connectivity index (χ3n) is 4.80. The van der Waals surface area contributed by atoms with Crippen molar-refractivity contribution < 1.29 is 9.50 Å². The van der Waals surface area contributed by atoms with E-state index in [1.165, 1.54) is 6.07 Å². The highest BCUT2D eigenvalue weighted by Crippen LogP contribution is 2.44. The second-order valence-corrected chi connectivity index (χ2v) is 8.47. The van der Waals surface area contributed by atoms with Gasteiger partial charge in [0.15, 0.2) is 0 Å². The minimum Gasteiger partial charge on any atom is -0.388 e. The van der Waals surface area contributed by atoms with Gasteiger partial charge in [0.05, 0.1) is 11.1 Å². The zero-order chi connectivity index (χ0) is 15.8. The van der Waals surface area contributed by atoms with E-state index in [2.05, 4.69) is 36.7 Å². The average Bonchev–Trinajstić information content (AvgIpc) is 2.41. The highest BCUT2D eigenvalue weighted by Gasteiger charge is 2.33. The molecule has 1 aromatic carbocycles. The van der Waals surface area contributed by atoms with Gasteiger partial charge in [0, 0.05) is 10.0 Å². The van der Waals surface area contributed by atoms with E-state index in [1.54, 1.807) is 6.07 Å². The Morgan fingerprint density at radius 1 is 1.24 bits per heavy atom. The van der Waals surface area contributed by atoms with Gasteiger partial charge in [0.1, 0.15) is 5.82 Å². The molecule has 0 amide bonds. The van der Waals surface area contributed by atoms with Crippen LogP contribution in [0, 0.1) is 23.1 Å². The van der Waals surface area contributed by atoms with Crippen molar-refractivity contribution in [2.75, 3.05) is 0 Å². The monoisotopic (exact) mass is 376 g/mol. The molecule has 0 aliphatic heterocycles. The Bertz CT molecular complexity index is 504. The van der Waals surface area contributed by atoms with Gasteiger partial charge in [0.25, 0.3) is 0 Å². The second kappa shape index (κ2) is 6.55. The molecule has 1 nitrogen and oxygen atoms in total. The quantitative estimate of drug-likeness (QED) is 0.615. The summed E-state index contributed by atoms with van der Waals surface area (Å²) in [5.41, 5.74) is 0.629. The Labute approximate surface area is 140 Å². The van der Waals surface area contributed by atoms with E-state index in [9.17, 15) is 9.50 Å². The van der Waals surface area contributed by atoms with Crippen molar-refractivity contribution in [3.8, 4) is 0 Å². The van der Waals surface area contributed by atoms with Crippen LogP contribution in [0.5, 0.6) is 0 Å². The molecule has 1 fully saturated rings. The molecular weight excluding hydrogens is 355 g/mol. The summed E-state index contributed by atoms with van der Waals surface area (Å²) in [6.07, 6.45) is 3.30. The van der Waals surface area contributed by atoms with Crippen LogP contribution in [0.25, 0.3) is 0 Å². The summed E-state index contributed by atoms with van der Waals surface area (Å²) < 4.78 is 14.6. The van der Waals surface area contributed by atoms with Gasteiger partial charge in [-0.25, -0.2) is 4.39 Å². The first-order valence-corrected chi connectivity index (χ1v) is 8.69. The van der Waals surface area contributed by atoms with E-state index in [4.69, 9.17) is 11.6 Å². The molecule has 0 aromatic heterocycles. The molecule has 118 valence electrons. The minimum absolute atomic E-state index is 0.121. The summed E-state index contributed by atoms with van der Waals surface area (Å²) >= 11 is 9.23. The number of rotatable bonds is 2. The maximum Gasteiger partial charge on any atom is 0.130 e. The topological polar surface area (TPSA) is 20.2 Å². The summed E-state index contributed by atoms with van der Waals surface area (Å²) in [6, 6.07) is 2.88. The van der Waals surface area contributed by atoms with E-state index in [0.717, 1.165) is 25.7 Å². The molecule has 1 N–H and O–H groups in total. The Morgan fingerprint density at radius 3 is 2.33 bits per heavy atom. The molecule has 1 aromatic rings. The van der Waals surface area contributed by atoms with Crippen LogP contribution in [0.1, 0.15) is 58.1 Å². The number of halogens is 3. The first-order valence-electron chi connectivity index (χ1n) is 7.52. The van der Waals surface area contributed by atoms with E-state index in [-0.39, 0.29) is 5.92 Å². The van der Waals surface area contributed by atoms with Crippen molar-refractivity contribution in [2.24, 2.45) is 17.3 Å². The van der Waals surface area contributed by atoms with Crippen molar-refractivity contribution in [2.45, 2.75) is 52.6 Å². The third kappa shape index (κ3) is 4.00. The predicted octanol–water partition coefficient (Wildman–Crippen LogP) is 6.13. The van der Waals surface area contributed by atoms with Crippen LogP contribution in [0.15, 0.2) is 16.6 Å². The first-order chi connectivity index (χ1) is 9.70. The van der Waals surface area contributed by atoms with E-state index in [0.29, 0.717) is 26.4 Å². The van der Waals surface area contributed by atoms with Gasteiger partial charge in [0.2, 0.25) is 0 Å². The summed E-state index contributed by atoms with van der Waals surface area (Å²) in [4.78, 5) is 0. The summed E-state index contributed by atoms with van der Waals surface area (Å²) in [7, 11) is 0. The third-order valence-corrected chi connectivity index (χ3v) is 6.00. The molecule has 4 heteroatoms. The van der Waals surface area contributed by atoms with Crippen LogP contribution >= 0.6 is 27.5 Å². The minimum atomic E-state index is -0.767. The average molecular weight is 378 g/mol. The molecule has 1 saturated carbocycles. The van der Waals surface area contributed by atoms with Crippen LogP contribution < -0.4 is 0 Å². The molecule has 1 aliphatic rings. The second-order valence-electron chi connectivity index (χ2n) is 7.21. The van der Waals surface area contributed by atoms with Gasteiger partial charge in [-0.2, -0.15) is 0 Å². The lowest BCUT2D eigenvalue weighted by Crippen LogP contribution is -2.28. The molecule has 0 radical (unpaired) electrons. The van der Waals surface area contributed by atoms with Crippen molar-refractivity contribution in [3.05, 3.63) is 33.0 Å². The molecule has 0 saturated heterocycles. The van der Waals surface area contributed by atoms with Gasteiger partial charge in [-0.3, -0.25) is 0 Å². The van der Waals surface area contributed by atoms with Crippen LogP contribution in [0.3, 0.4) is 0 Å². The molecule has 0 heterocycles. The Hall–Kier alpha value is -0.120. The Kier molecular flexibility index (Phi) is 5.38. The van der Waals surface area contributed by atoms with Crippen LogP contribution in [-0.2, 0) is 0 Å². The van der Waals surface area contributed by atoms with Crippen molar-refractivity contribution in [1.29, 1.82) is 0 Å². The smallest absolute Gasteiger partial charge is 0.130 e. The van der Waals surface area contributed by atoms with Crippen LogP contribution in [0.4, 0.5) is 4.39 Å². The lowest BCUT2D eigenvalue weighted by atomic mass is 9.68. The normalized spacial score (nSPS) is 24.9. The fraction of sp³-hybridized carbons (Fsp3) is 0.647. The molecule has 21 heavy (non-hydrogen) atoms. The van der Waals surface area contributed by atoms with E-state index < -0.39 is 11.9 Å². The van der Waals surface area contributed by atoms with Crippen molar-refractivity contribution in [3.63, 3.8) is 0 Å². The number of aliphatic hydroxyl groups excluding tert-OH is 1. The number of aliphatic hydroxyl groups is 1. The van der Waals surface area contributed by atoms with Gasteiger partial charge >= 0.3 is 0 Å². The van der Waals surface area contributed by atoms with Gasteiger partial charge in [-0.1, -0.05) is 32.4 Å². The van der Waals surface area contributed by atoms with Crippen LogP contribution in [0.2, 0.25) is 5.02 Å².